The van der Waals surface area contributed by atoms with Gasteiger partial charge in [0.25, 0.3) is 5.84 Å². The van der Waals surface area contributed by atoms with Crippen LogP contribution in [-0.2, 0) is 0 Å². The predicted molar refractivity (Wildman–Crippen MR) is 209 cm³/mol. The number of nitrogens with one attached hydrogen (secondary N) is 2. The fraction of sp³-hybridized carbons (Fsp3) is 0.0222. The fourth-order valence-electron chi connectivity index (χ4n) is 7.34. The van der Waals surface area contributed by atoms with Crippen molar-refractivity contribution in [1.82, 2.24) is 9.88 Å². The zero-order valence-electron chi connectivity index (χ0n) is 27.0. The second-order valence-corrected chi connectivity index (χ2v) is 13.8. The second-order valence-electron chi connectivity index (χ2n) is 12.7. The van der Waals surface area contributed by atoms with E-state index in [9.17, 15) is 0 Å². The molecule has 0 aliphatic carbocycles. The Morgan fingerprint density at radius 3 is 2.04 bits per heavy atom. The lowest BCUT2D eigenvalue weighted by Gasteiger charge is -2.18. The van der Waals surface area contributed by atoms with Gasteiger partial charge in [0.15, 0.2) is 6.17 Å². The van der Waals surface area contributed by atoms with Gasteiger partial charge in [0.05, 0.1) is 21.3 Å². The smallest absolute Gasteiger partial charge is 0.308 e. The summed E-state index contributed by atoms with van der Waals surface area (Å²) in [6, 6.07) is 60.6. The van der Waals surface area contributed by atoms with E-state index in [4.69, 9.17) is 4.99 Å². The summed E-state index contributed by atoms with van der Waals surface area (Å²) in [4.78, 5) is 8.90. The highest BCUT2D eigenvalue weighted by atomic mass is 32.1. The molecule has 236 valence electrons. The summed E-state index contributed by atoms with van der Waals surface area (Å²) in [7, 11) is 0. The third kappa shape index (κ3) is 4.74. The first-order valence-electron chi connectivity index (χ1n) is 16.9. The van der Waals surface area contributed by atoms with Crippen LogP contribution in [0.1, 0.15) is 22.9 Å². The first-order valence-corrected chi connectivity index (χ1v) is 17.7. The van der Waals surface area contributed by atoms with Crippen molar-refractivity contribution in [3.05, 3.63) is 187 Å². The Morgan fingerprint density at radius 1 is 0.540 bits per heavy atom. The van der Waals surface area contributed by atoms with Crippen LogP contribution < -0.4 is 10.3 Å². The molecule has 0 bridgehead atoms. The maximum absolute atomic E-state index is 5.18. The summed E-state index contributed by atoms with van der Waals surface area (Å²) < 4.78 is 5.07. The van der Waals surface area contributed by atoms with Crippen molar-refractivity contribution >= 4 is 65.0 Å². The number of amidine groups is 2. The van der Waals surface area contributed by atoms with Crippen LogP contribution in [0.5, 0.6) is 0 Å². The molecule has 1 aliphatic heterocycles. The van der Waals surface area contributed by atoms with E-state index >= 15 is 0 Å². The maximum Gasteiger partial charge on any atom is 0.328 e. The Kier molecular flexibility index (Phi) is 6.71. The molecular formula is C45H31N4S+. The monoisotopic (exact) mass is 659 g/mol. The Labute approximate surface area is 293 Å². The van der Waals surface area contributed by atoms with E-state index in [1.165, 1.54) is 53.1 Å². The number of fused-ring (bicyclic) bond motifs is 7. The molecule has 5 heteroatoms. The molecule has 1 atom stereocenters. The largest absolute Gasteiger partial charge is 0.328 e. The maximum atomic E-state index is 5.18. The molecule has 0 radical (unpaired) electrons. The lowest BCUT2D eigenvalue weighted by molar-refractivity contribution is -0.516. The Bertz CT molecular complexity index is 2780. The summed E-state index contributed by atoms with van der Waals surface area (Å²) in [5.41, 5.74) is 9.13. The van der Waals surface area contributed by atoms with Crippen molar-refractivity contribution in [3.63, 3.8) is 0 Å². The topological polar surface area (TPSA) is 43.3 Å². The van der Waals surface area contributed by atoms with Crippen LogP contribution in [0, 0.1) is 0 Å². The summed E-state index contributed by atoms with van der Waals surface area (Å²) >= 11 is 1.88. The van der Waals surface area contributed by atoms with Crippen LogP contribution >= 0.6 is 11.3 Å². The molecule has 9 aromatic rings. The molecule has 50 heavy (non-hydrogen) atoms. The van der Waals surface area contributed by atoms with Gasteiger partial charge in [0.2, 0.25) is 0 Å². The molecule has 1 unspecified atom stereocenters. The van der Waals surface area contributed by atoms with Crippen molar-refractivity contribution in [2.75, 3.05) is 0 Å². The molecule has 1 aliphatic rings. The third-order valence-electron chi connectivity index (χ3n) is 9.72. The Balaban J connectivity index is 1.22. The minimum atomic E-state index is -0.137. The van der Waals surface area contributed by atoms with Crippen molar-refractivity contribution in [2.24, 2.45) is 4.99 Å². The molecule has 0 spiro atoms. The molecule has 0 fully saturated rings. The number of rotatable bonds is 5. The fourth-order valence-corrected chi connectivity index (χ4v) is 8.58. The van der Waals surface area contributed by atoms with E-state index in [2.05, 4.69) is 179 Å². The van der Waals surface area contributed by atoms with Gasteiger partial charge in [-0.05, 0) is 58.6 Å². The number of hydrogen-bond acceptors (Lipinski definition) is 3. The van der Waals surface area contributed by atoms with E-state index in [0.29, 0.717) is 0 Å². The zero-order chi connectivity index (χ0) is 33.0. The normalized spacial score (nSPS) is 14.6. The molecule has 0 saturated heterocycles. The van der Waals surface area contributed by atoms with Crippen molar-refractivity contribution in [3.8, 4) is 16.8 Å². The zero-order valence-corrected chi connectivity index (χ0v) is 27.9. The minimum Gasteiger partial charge on any atom is -0.308 e. The van der Waals surface area contributed by atoms with Crippen molar-refractivity contribution in [2.45, 2.75) is 6.17 Å². The first-order chi connectivity index (χ1) is 24.8. The van der Waals surface area contributed by atoms with Gasteiger partial charge >= 0.3 is 5.84 Å². The predicted octanol–water partition coefficient (Wildman–Crippen LogP) is 9.39. The van der Waals surface area contributed by atoms with Gasteiger partial charge in [-0.1, -0.05) is 127 Å². The van der Waals surface area contributed by atoms with Crippen LogP contribution in [0.2, 0.25) is 0 Å². The van der Waals surface area contributed by atoms with Crippen LogP contribution in [-0.4, -0.2) is 16.2 Å². The lowest BCUT2D eigenvalue weighted by atomic mass is 10.0. The average molecular weight is 660 g/mol. The highest BCUT2D eigenvalue weighted by molar-refractivity contribution is 7.26. The molecule has 7 aromatic carbocycles. The van der Waals surface area contributed by atoms with E-state index in [-0.39, 0.29) is 6.17 Å². The molecule has 3 heterocycles. The standard InChI is InChI=1S/C45H30N4S/c1-4-13-29(14-5-1)32-23-24-35-37-25-26-38-36-21-10-11-22-40(36)50-42(38)41(37)49(39(35)28-32)34-20-12-19-33(27-34)45-47-43(30-15-6-2-7-16-30)46-44(48-45)31-17-8-3-9-18-31/h1-28,43H,(H,46,47,48)/p+1. The summed E-state index contributed by atoms with van der Waals surface area (Å²) in [6.07, 6.45) is -0.137. The molecule has 2 aromatic heterocycles. The SMILES string of the molecule is c1ccc(C2=NC(c3cccc(-n4c5cc(-c6ccccc6)ccc5c5ccc6c7ccccc7sc6c54)c3)=[NH+]C(c3ccccc3)N2)cc1. The first kappa shape index (κ1) is 28.7. The Hall–Kier alpha value is -6.30. The minimum absolute atomic E-state index is 0.137. The highest BCUT2D eigenvalue weighted by Crippen LogP contribution is 2.43. The van der Waals surface area contributed by atoms with Gasteiger partial charge in [-0.3, -0.25) is 0 Å². The van der Waals surface area contributed by atoms with Gasteiger partial charge in [0, 0.05) is 43.1 Å². The molecular weight excluding hydrogens is 629 g/mol. The van der Waals surface area contributed by atoms with Crippen molar-refractivity contribution < 1.29 is 4.99 Å². The molecule has 0 saturated carbocycles. The summed E-state index contributed by atoms with van der Waals surface area (Å²) in [5, 5.41) is 8.73. The molecule has 10 rings (SSSR count). The highest BCUT2D eigenvalue weighted by Gasteiger charge is 2.28. The quantitative estimate of drug-likeness (QED) is 0.190. The average Bonchev–Trinajstić information content (AvgIpc) is 3.74. The van der Waals surface area contributed by atoms with E-state index in [1.807, 2.05) is 17.4 Å². The number of benzene rings is 7. The number of nitrogens with zero attached hydrogens (tertiary/aromatic N) is 2. The second kappa shape index (κ2) is 11.7. The van der Waals surface area contributed by atoms with Crippen LogP contribution in [0.4, 0.5) is 0 Å². The third-order valence-corrected chi connectivity index (χ3v) is 10.9. The van der Waals surface area contributed by atoms with E-state index in [0.717, 1.165) is 34.0 Å². The van der Waals surface area contributed by atoms with Gasteiger partial charge < -0.3 is 9.88 Å². The molecule has 0 amide bonds. The van der Waals surface area contributed by atoms with Crippen LogP contribution in [0.25, 0.3) is 58.8 Å². The van der Waals surface area contributed by atoms with Crippen LogP contribution in [0.3, 0.4) is 0 Å². The van der Waals surface area contributed by atoms with E-state index < -0.39 is 0 Å². The van der Waals surface area contributed by atoms with Gasteiger partial charge in [0.1, 0.15) is 0 Å². The molecule has 4 nitrogen and oxygen atoms in total. The van der Waals surface area contributed by atoms with Crippen LogP contribution in [0.15, 0.2) is 175 Å². The van der Waals surface area contributed by atoms with E-state index in [1.54, 1.807) is 0 Å². The van der Waals surface area contributed by atoms with Gasteiger partial charge in [-0.15, -0.1) is 11.3 Å². The van der Waals surface area contributed by atoms with Crippen molar-refractivity contribution in [1.29, 1.82) is 0 Å². The number of aromatic nitrogens is 1. The Morgan fingerprint density at radius 2 is 1.22 bits per heavy atom. The number of thiophene rings is 1. The molecule has 2 N–H and O–H groups in total. The number of hydrogen-bond donors (Lipinski definition) is 2. The van der Waals surface area contributed by atoms with Gasteiger partial charge in [-0.25, -0.2) is 4.99 Å². The summed E-state index contributed by atoms with van der Waals surface area (Å²) in [5.74, 6) is 1.67. The summed E-state index contributed by atoms with van der Waals surface area (Å²) in [6.45, 7) is 0. The number of aliphatic imine (C=N–C) groups is 1. The van der Waals surface area contributed by atoms with Gasteiger partial charge in [-0.2, -0.15) is 0 Å². The lowest BCUT2D eigenvalue weighted by Crippen LogP contribution is -2.80.